The van der Waals surface area contributed by atoms with Crippen LogP contribution in [0.4, 0.5) is 0 Å². The van der Waals surface area contributed by atoms with E-state index in [9.17, 15) is 5.11 Å². The molecular formula is C47H65NO6Si2. The van der Waals surface area contributed by atoms with E-state index in [2.05, 4.69) is 84.4 Å². The van der Waals surface area contributed by atoms with Crippen molar-refractivity contribution in [2.75, 3.05) is 13.3 Å². The fourth-order valence-electron chi connectivity index (χ4n) is 7.80. The van der Waals surface area contributed by atoms with E-state index in [0.29, 0.717) is 13.3 Å². The predicted octanol–water partition coefficient (Wildman–Crippen LogP) is 10.3. The summed E-state index contributed by atoms with van der Waals surface area (Å²) < 4.78 is 27.9. The van der Waals surface area contributed by atoms with Crippen LogP contribution in [-0.4, -0.2) is 63.7 Å². The van der Waals surface area contributed by atoms with Crippen LogP contribution in [0.2, 0.25) is 37.8 Å². The topological polar surface area (TPSA) is 77.5 Å². The van der Waals surface area contributed by atoms with Gasteiger partial charge in [0.25, 0.3) is 0 Å². The number of hydrogen-bond donors (Lipinski definition) is 1. The Labute approximate surface area is 338 Å². The van der Waals surface area contributed by atoms with Crippen LogP contribution in [0.3, 0.4) is 0 Å². The van der Waals surface area contributed by atoms with E-state index in [-0.39, 0.29) is 17.6 Å². The zero-order valence-electron chi connectivity index (χ0n) is 35.5. The second-order valence-electron chi connectivity index (χ2n) is 18.3. The lowest BCUT2D eigenvalue weighted by molar-refractivity contribution is -0.176. The zero-order valence-corrected chi connectivity index (χ0v) is 37.5. The Kier molecular flexibility index (Phi) is 13.7. The number of esters is 1. The van der Waals surface area contributed by atoms with Crippen LogP contribution in [0, 0.1) is 11.8 Å². The summed E-state index contributed by atoms with van der Waals surface area (Å²) in [4.78, 5) is 17.3. The smallest absolute Gasteiger partial charge is 0.312 e. The fourth-order valence-corrected chi connectivity index (χ4v) is 10.1. The van der Waals surface area contributed by atoms with Crippen LogP contribution < -0.4 is 0 Å². The van der Waals surface area contributed by atoms with Gasteiger partial charge >= 0.3 is 5.97 Å². The van der Waals surface area contributed by atoms with Gasteiger partial charge < -0.3 is 23.4 Å². The number of hydrogen-bond acceptors (Lipinski definition) is 7. The summed E-state index contributed by atoms with van der Waals surface area (Å²) >= 11 is 0. The number of rotatable bonds is 16. The van der Waals surface area contributed by atoms with E-state index in [1.54, 1.807) is 6.92 Å². The van der Waals surface area contributed by atoms with Gasteiger partial charge in [0.05, 0.1) is 30.3 Å². The van der Waals surface area contributed by atoms with Gasteiger partial charge in [-0.3, -0.25) is 9.69 Å². The molecule has 0 spiro atoms. The summed E-state index contributed by atoms with van der Waals surface area (Å²) in [7, 11) is -4.70. The van der Waals surface area contributed by atoms with E-state index in [1.165, 1.54) is 0 Å². The Bertz CT molecular complexity index is 1790. The molecule has 0 amide bonds. The van der Waals surface area contributed by atoms with Crippen molar-refractivity contribution in [2.45, 2.75) is 115 Å². The highest BCUT2D eigenvalue weighted by atomic mass is 28.4. The van der Waals surface area contributed by atoms with E-state index >= 15 is 4.79 Å². The molecule has 1 aliphatic rings. The molecule has 1 aliphatic heterocycles. The normalized spacial score (nSPS) is 20.1. The van der Waals surface area contributed by atoms with Gasteiger partial charge in [0.2, 0.25) is 0 Å². The zero-order chi connectivity index (χ0) is 40.9. The molecule has 0 saturated carbocycles. The summed E-state index contributed by atoms with van der Waals surface area (Å²) in [6, 6.07) is 40.2. The Hall–Kier alpha value is -3.42. The number of ether oxygens (including phenoxy) is 2. The van der Waals surface area contributed by atoms with Gasteiger partial charge in [-0.15, -0.1) is 0 Å². The minimum atomic E-state index is -2.38. The molecule has 0 unspecified atom stereocenters. The van der Waals surface area contributed by atoms with Crippen LogP contribution in [0.5, 0.6) is 0 Å². The van der Waals surface area contributed by atoms with Crippen LogP contribution in [0.15, 0.2) is 121 Å². The summed E-state index contributed by atoms with van der Waals surface area (Å²) in [6.07, 6.45) is -2.53. The van der Waals surface area contributed by atoms with Gasteiger partial charge in [-0.2, -0.15) is 0 Å². The molecule has 1 N–H and O–H groups in total. The largest absolute Gasteiger partial charge is 0.453 e. The molecule has 0 aliphatic carbocycles. The number of benzene rings is 4. The van der Waals surface area contributed by atoms with E-state index in [4.69, 9.17) is 18.3 Å². The van der Waals surface area contributed by atoms with Gasteiger partial charge in [0.15, 0.2) is 22.7 Å². The van der Waals surface area contributed by atoms with Crippen molar-refractivity contribution in [1.29, 1.82) is 0 Å². The molecule has 4 aromatic rings. The third-order valence-corrected chi connectivity index (χ3v) is 17.1. The maximum Gasteiger partial charge on any atom is 0.312 e. The average molecular weight is 796 g/mol. The van der Waals surface area contributed by atoms with Gasteiger partial charge in [-0.1, -0.05) is 156 Å². The third kappa shape index (κ3) is 9.31. The summed E-state index contributed by atoms with van der Waals surface area (Å²) in [6.45, 7) is 24.6. The van der Waals surface area contributed by atoms with Crippen LogP contribution >= 0.6 is 0 Å². The predicted molar refractivity (Wildman–Crippen MR) is 231 cm³/mol. The second kappa shape index (κ2) is 17.6. The average Bonchev–Trinajstić information content (AvgIpc) is 3.54. The lowest BCUT2D eigenvalue weighted by atomic mass is 9.76. The lowest BCUT2D eigenvalue weighted by Gasteiger charge is -2.49. The fraction of sp³-hybridized carbons (Fsp3) is 0.468. The van der Waals surface area contributed by atoms with Crippen molar-refractivity contribution < 1.29 is 28.2 Å². The van der Waals surface area contributed by atoms with Crippen LogP contribution in [0.1, 0.15) is 69.9 Å². The standard InChI is InChI=1S/C47H65NO6Si2/c1-35(2)42-46(33-52-56(10,11)45(4,5)6,48(34-51-42)32-37-24-16-12-17-25-37)41(49)36(3)44(50)53-43(38-26-18-13-19-27-38)47(54-55(7,8)9,39-28-20-14-21-29-39)40-30-22-15-23-31-40/h12-31,35-36,41-43,49H,32-34H2,1-11H3/t36-,41+,42+,43-,46+/m1/s1. The SMILES string of the molecule is CC(C)[C@@H]1OCN(Cc2ccccc2)[C@@]1(CO[Si](C)(C)C(C)(C)C)[C@@H](O)[C@@H](C)C(=O)O[C@H](c1ccccc1)C(O[Si](C)(C)C)(c1ccccc1)c1ccccc1. The minimum Gasteiger partial charge on any atom is -0.453 e. The van der Waals surface area contributed by atoms with E-state index in [1.807, 2.05) is 109 Å². The molecule has 1 fully saturated rings. The molecule has 1 heterocycles. The minimum absolute atomic E-state index is 0.0164. The molecule has 302 valence electrons. The van der Waals surface area contributed by atoms with Gasteiger partial charge in [0.1, 0.15) is 12.3 Å². The maximum absolute atomic E-state index is 15.1. The quantitative estimate of drug-likeness (QED) is 0.0894. The molecule has 0 radical (unpaired) electrons. The number of carbonyl (C=O) groups is 1. The van der Waals surface area contributed by atoms with Crippen molar-refractivity contribution in [3.8, 4) is 0 Å². The number of aliphatic hydroxyl groups excluding tert-OH is 1. The highest BCUT2D eigenvalue weighted by Crippen LogP contribution is 2.49. The molecule has 56 heavy (non-hydrogen) atoms. The van der Waals surface area contributed by atoms with Crippen molar-refractivity contribution >= 4 is 22.6 Å². The molecule has 4 aromatic carbocycles. The Balaban J connectivity index is 1.65. The van der Waals surface area contributed by atoms with Crippen molar-refractivity contribution in [3.63, 3.8) is 0 Å². The van der Waals surface area contributed by atoms with Crippen molar-refractivity contribution in [2.24, 2.45) is 11.8 Å². The molecule has 5 rings (SSSR count). The van der Waals surface area contributed by atoms with E-state index in [0.717, 1.165) is 22.3 Å². The molecule has 1 saturated heterocycles. The molecular weight excluding hydrogens is 731 g/mol. The van der Waals surface area contributed by atoms with E-state index < -0.39 is 58.0 Å². The lowest BCUT2D eigenvalue weighted by Crippen LogP contribution is -2.66. The molecule has 7 nitrogen and oxygen atoms in total. The molecule has 0 aromatic heterocycles. The Morgan fingerprint density at radius 3 is 1.75 bits per heavy atom. The molecule has 5 atom stereocenters. The monoisotopic (exact) mass is 795 g/mol. The summed E-state index contributed by atoms with van der Waals surface area (Å²) in [5.74, 6) is -1.48. The first kappa shape index (κ1) is 43.7. The second-order valence-corrected chi connectivity index (χ2v) is 27.6. The van der Waals surface area contributed by atoms with Gasteiger partial charge in [0, 0.05) is 6.54 Å². The summed E-state index contributed by atoms with van der Waals surface area (Å²) in [5, 5.41) is 12.9. The Morgan fingerprint density at radius 1 is 0.804 bits per heavy atom. The van der Waals surface area contributed by atoms with Crippen LogP contribution in [0.25, 0.3) is 0 Å². The number of carbonyl (C=O) groups excluding carboxylic acids is 1. The maximum atomic E-state index is 15.1. The number of nitrogens with zero attached hydrogens (tertiary/aromatic N) is 1. The van der Waals surface area contributed by atoms with Crippen molar-refractivity contribution in [1.82, 2.24) is 4.90 Å². The third-order valence-electron chi connectivity index (χ3n) is 11.7. The first-order valence-electron chi connectivity index (χ1n) is 20.1. The highest BCUT2D eigenvalue weighted by molar-refractivity contribution is 6.74. The summed E-state index contributed by atoms with van der Waals surface area (Å²) in [5.41, 5.74) is 1.36. The highest BCUT2D eigenvalue weighted by Gasteiger charge is 2.60. The molecule has 9 heteroatoms. The first-order valence-corrected chi connectivity index (χ1v) is 26.4. The van der Waals surface area contributed by atoms with Crippen molar-refractivity contribution in [3.05, 3.63) is 144 Å². The first-order chi connectivity index (χ1) is 26.3. The number of aliphatic hydroxyl groups is 1. The Morgan fingerprint density at radius 2 is 1.29 bits per heavy atom. The van der Waals surface area contributed by atoms with Gasteiger partial charge in [-0.05, 0) is 72.9 Å². The van der Waals surface area contributed by atoms with Crippen LogP contribution in [-0.2, 0) is 35.3 Å². The molecule has 0 bridgehead atoms. The van der Waals surface area contributed by atoms with Gasteiger partial charge in [-0.25, -0.2) is 0 Å².